The number of hydrogen-bond acceptors (Lipinski definition) is 3. The molecule has 28 heavy (non-hydrogen) atoms. The lowest BCUT2D eigenvalue weighted by molar-refractivity contribution is 0.525. The Labute approximate surface area is 170 Å². The lowest BCUT2D eigenvalue weighted by Gasteiger charge is -2.41. The third-order valence-electron chi connectivity index (χ3n) is 5.47. The molecule has 2 aromatic carbocycles. The predicted molar refractivity (Wildman–Crippen MR) is 114 cm³/mol. The lowest BCUT2D eigenvalue weighted by atomic mass is 9.90. The van der Waals surface area contributed by atoms with E-state index in [4.69, 9.17) is 16.9 Å². The van der Waals surface area contributed by atoms with Gasteiger partial charge < -0.3 is 9.88 Å². The molecule has 4 nitrogen and oxygen atoms in total. The number of aromatic amines is 1. The molecule has 0 radical (unpaired) electrons. The van der Waals surface area contributed by atoms with Crippen molar-refractivity contribution in [1.82, 2.24) is 9.97 Å². The van der Waals surface area contributed by atoms with Crippen molar-refractivity contribution in [3.8, 4) is 17.3 Å². The van der Waals surface area contributed by atoms with Crippen molar-refractivity contribution in [3.05, 3.63) is 70.1 Å². The lowest BCUT2D eigenvalue weighted by Crippen LogP contribution is -2.45. The molecule has 1 aromatic heterocycles. The number of imidazole rings is 1. The van der Waals surface area contributed by atoms with Crippen LogP contribution in [0.5, 0.6) is 0 Å². The number of halogens is 1. The Morgan fingerprint density at radius 3 is 2.50 bits per heavy atom. The largest absolute Gasteiger partial charge is 0.370 e. The van der Waals surface area contributed by atoms with E-state index in [0.717, 1.165) is 30.2 Å². The van der Waals surface area contributed by atoms with E-state index in [1.54, 1.807) is 0 Å². The first-order valence-electron chi connectivity index (χ1n) is 9.57. The molecule has 2 heterocycles. The predicted octanol–water partition coefficient (Wildman–Crippen LogP) is 5.64. The third-order valence-corrected chi connectivity index (χ3v) is 5.75. The van der Waals surface area contributed by atoms with E-state index < -0.39 is 0 Å². The number of benzene rings is 2. The molecular weight excluding hydrogens is 368 g/mol. The molecule has 1 aliphatic rings. The van der Waals surface area contributed by atoms with Crippen molar-refractivity contribution in [2.24, 2.45) is 0 Å². The maximum atomic E-state index is 8.95. The highest BCUT2D eigenvalue weighted by Gasteiger charge is 2.28. The van der Waals surface area contributed by atoms with Gasteiger partial charge in [0.15, 0.2) is 5.15 Å². The molecule has 1 saturated heterocycles. The molecule has 0 aliphatic carbocycles. The van der Waals surface area contributed by atoms with Gasteiger partial charge in [-0.2, -0.15) is 5.26 Å². The molecule has 0 bridgehead atoms. The van der Waals surface area contributed by atoms with Crippen molar-refractivity contribution < 1.29 is 0 Å². The first kappa shape index (κ1) is 18.6. The minimum Gasteiger partial charge on any atom is -0.370 e. The van der Waals surface area contributed by atoms with Crippen LogP contribution in [0.2, 0.25) is 5.15 Å². The standard InChI is InChI=1S/C23H23ClN4/c1-14(2)23-26-21(22(24)27-23)20-10-19(9-4-15(20)3)28-12-18(13-28)17-7-5-16(11-25)6-8-17/h4-10,14,18H,12-13H2,1-3H3,(H,26,27). The second-order valence-electron chi connectivity index (χ2n) is 7.78. The van der Waals surface area contributed by atoms with Gasteiger partial charge in [-0.25, -0.2) is 4.98 Å². The summed E-state index contributed by atoms with van der Waals surface area (Å²) in [6.07, 6.45) is 0. The number of aryl methyl sites for hydroxylation is 1. The summed E-state index contributed by atoms with van der Waals surface area (Å²) in [6, 6.07) is 16.6. The van der Waals surface area contributed by atoms with Crippen LogP contribution in [0.15, 0.2) is 42.5 Å². The Kier molecular flexibility index (Phi) is 4.87. The Balaban J connectivity index is 1.54. The molecule has 1 fully saturated rings. The zero-order chi connectivity index (χ0) is 19.8. The minimum atomic E-state index is 0.304. The fraction of sp³-hybridized carbons (Fsp3) is 0.304. The van der Waals surface area contributed by atoms with Crippen molar-refractivity contribution in [2.45, 2.75) is 32.6 Å². The summed E-state index contributed by atoms with van der Waals surface area (Å²) in [5, 5.41) is 9.48. The number of aromatic nitrogens is 2. The van der Waals surface area contributed by atoms with Gasteiger partial charge in [0.05, 0.1) is 17.3 Å². The monoisotopic (exact) mass is 390 g/mol. The fourth-order valence-corrected chi connectivity index (χ4v) is 3.87. The molecule has 0 spiro atoms. The van der Waals surface area contributed by atoms with Crippen LogP contribution in [0.3, 0.4) is 0 Å². The topological polar surface area (TPSA) is 55.7 Å². The van der Waals surface area contributed by atoms with Crippen LogP contribution in [-0.4, -0.2) is 23.1 Å². The van der Waals surface area contributed by atoms with E-state index in [-0.39, 0.29) is 0 Å². The van der Waals surface area contributed by atoms with Crippen LogP contribution < -0.4 is 4.90 Å². The summed E-state index contributed by atoms with van der Waals surface area (Å²) < 4.78 is 0. The first-order chi connectivity index (χ1) is 13.5. The summed E-state index contributed by atoms with van der Waals surface area (Å²) in [4.78, 5) is 10.2. The number of nitrogens with one attached hydrogen (secondary N) is 1. The highest BCUT2D eigenvalue weighted by atomic mass is 35.5. The number of hydrogen-bond donors (Lipinski definition) is 1. The van der Waals surface area contributed by atoms with Crippen LogP contribution in [0, 0.1) is 18.3 Å². The molecule has 142 valence electrons. The van der Waals surface area contributed by atoms with Crippen LogP contribution in [0.4, 0.5) is 5.69 Å². The Bertz CT molecular complexity index is 1040. The second kappa shape index (κ2) is 7.33. The van der Waals surface area contributed by atoms with Crippen molar-refractivity contribution >= 4 is 17.3 Å². The van der Waals surface area contributed by atoms with E-state index in [9.17, 15) is 0 Å². The van der Waals surface area contributed by atoms with Gasteiger partial charge in [-0.05, 0) is 42.3 Å². The Hall–Kier alpha value is -2.77. The Morgan fingerprint density at radius 1 is 1.18 bits per heavy atom. The van der Waals surface area contributed by atoms with E-state index in [1.165, 1.54) is 16.8 Å². The number of H-pyrrole nitrogens is 1. The van der Waals surface area contributed by atoms with E-state index in [0.29, 0.717) is 22.6 Å². The normalized spacial score (nSPS) is 14.2. The second-order valence-corrected chi connectivity index (χ2v) is 8.14. The molecule has 5 heteroatoms. The quantitative estimate of drug-likeness (QED) is 0.627. The van der Waals surface area contributed by atoms with Gasteiger partial charge in [0.25, 0.3) is 0 Å². The summed E-state index contributed by atoms with van der Waals surface area (Å²) in [6.45, 7) is 8.25. The molecular formula is C23H23ClN4. The van der Waals surface area contributed by atoms with Gasteiger partial charge in [0.2, 0.25) is 0 Å². The van der Waals surface area contributed by atoms with Gasteiger partial charge in [0, 0.05) is 36.2 Å². The number of anilines is 1. The summed E-state index contributed by atoms with van der Waals surface area (Å²) in [5.74, 6) is 1.72. The van der Waals surface area contributed by atoms with Crippen LogP contribution in [-0.2, 0) is 0 Å². The van der Waals surface area contributed by atoms with E-state index in [1.807, 2.05) is 12.1 Å². The molecule has 0 saturated carbocycles. The first-order valence-corrected chi connectivity index (χ1v) is 9.95. The minimum absolute atomic E-state index is 0.304. The van der Waals surface area contributed by atoms with Crippen LogP contribution in [0.1, 0.15) is 48.2 Å². The van der Waals surface area contributed by atoms with Gasteiger partial charge in [-0.15, -0.1) is 0 Å². The van der Waals surface area contributed by atoms with Gasteiger partial charge >= 0.3 is 0 Å². The van der Waals surface area contributed by atoms with Crippen molar-refractivity contribution in [3.63, 3.8) is 0 Å². The smallest absolute Gasteiger partial charge is 0.155 e. The molecule has 1 N–H and O–H groups in total. The summed E-state index contributed by atoms with van der Waals surface area (Å²) >= 11 is 6.42. The molecule has 3 aromatic rings. The number of rotatable bonds is 4. The van der Waals surface area contributed by atoms with E-state index in [2.05, 4.69) is 72.0 Å². The SMILES string of the molecule is Cc1ccc(N2CC(c3ccc(C#N)cc3)C2)cc1-c1[nH]c(C(C)C)nc1Cl. The van der Waals surface area contributed by atoms with Crippen molar-refractivity contribution in [1.29, 1.82) is 5.26 Å². The average Bonchev–Trinajstić information content (AvgIpc) is 3.04. The zero-order valence-electron chi connectivity index (χ0n) is 16.3. The maximum absolute atomic E-state index is 8.95. The van der Waals surface area contributed by atoms with Crippen LogP contribution in [0.25, 0.3) is 11.3 Å². The highest BCUT2D eigenvalue weighted by Crippen LogP contribution is 2.36. The van der Waals surface area contributed by atoms with Gasteiger partial charge in [0.1, 0.15) is 5.82 Å². The van der Waals surface area contributed by atoms with E-state index >= 15 is 0 Å². The van der Waals surface area contributed by atoms with Crippen molar-refractivity contribution in [2.75, 3.05) is 18.0 Å². The van der Waals surface area contributed by atoms with Gasteiger partial charge in [-0.1, -0.05) is 43.6 Å². The summed E-state index contributed by atoms with van der Waals surface area (Å²) in [5.41, 5.74) is 6.37. The molecule has 1 aliphatic heterocycles. The molecule has 0 atom stereocenters. The van der Waals surface area contributed by atoms with Crippen LogP contribution >= 0.6 is 11.6 Å². The van der Waals surface area contributed by atoms with Gasteiger partial charge in [-0.3, -0.25) is 0 Å². The molecule has 0 unspecified atom stereocenters. The summed E-state index contributed by atoms with van der Waals surface area (Å²) in [7, 11) is 0. The number of nitrogens with zero attached hydrogens (tertiary/aromatic N) is 3. The highest BCUT2D eigenvalue weighted by molar-refractivity contribution is 6.32. The maximum Gasteiger partial charge on any atom is 0.155 e. The number of nitriles is 1. The third kappa shape index (κ3) is 3.39. The zero-order valence-corrected chi connectivity index (χ0v) is 17.1. The molecule has 4 rings (SSSR count). The Morgan fingerprint density at radius 2 is 1.89 bits per heavy atom. The fourth-order valence-electron chi connectivity index (χ4n) is 3.63. The average molecular weight is 391 g/mol. The molecule has 0 amide bonds.